The largest absolute Gasteiger partial charge is 0.495 e. The highest BCUT2D eigenvalue weighted by atomic mass is 32.1. The lowest BCUT2D eigenvalue weighted by molar-refractivity contribution is -0.178. The van der Waals surface area contributed by atoms with E-state index in [2.05, 4.69) is 23.2 Å². The van der Waals surface area contributed by atoms with E-state index in [9.17, 15) is 9.59 Å². The standard InChI is InChI=1S/C32H40N4O2S.C6H9NO3/c1-21-28(38-2)15-14-27(35-21)23-10-8-22(9-11-23)20-36(32(37)25-6-4-3-5-7-25)30-18-26(16-17-33-30)29-19-34-31(39-29)24-12-13-24;8-5(9)7-1-6(2-7)3-10-4-6/h14-19,22-25H,3-13,20H2,1-2H3;1-4H2,(H,8,9). The summed E-state index contributed by atoms with van der Waals surface area (Å²) in [4.78, 5) is 43.2. The first-order valence-electron chi connectivity index (χ1n) is 18.1. The quantitative estimate of drug-likeness (QED) is 0.256. The first kappa shape index (κ1) is 33.9. The van der Waals surface area contributed by atoms with Gasteiger partial charge >= 0.3 is 6.09 Å². The van der Waals surface area contributed by atoms with E-state index in [0.29, 0.717) is 30.8 Å². The van der Waals surface area contributed by atoms with Crippen LogP contribution >= 0.6 is 11.3 Å². The average molecular weight is 688 g/mol. The summed E-state index contributed by atoms with van der Waals surface area (Å²) in [6.07, 6.45) is 15.6. The fourth-order valence-electron chi connectivity index (χ4n) is 7.91. The van der Waals surface area contributed by atoms with Gasteiger partial charge in [-0.25, -0.2) is 14.8 Å². The summed E-state index contributed by atoms with van der Waals surface area (Å²) < 4.78 is 10.4. The number of carbonyl (C=O) groups excluding carboxylic acids is 1. The van der Waals surface area contributed by atoms with Crippen LogP contribution in [0.4, 0.5) is 10.6 Å². The molecular formula is C38H49N5O5S. The van der Waals surface area contributed by atoms with Crippen LogP contribution in [0.3, 0.4) is 0 Å². The van der Waals surface area contributed by atoms with E-state index < -0.39 is 6.09 Å². The number of thiazole rings is 1. The number of hydrogen-bond acceptors (Lipinski definition) is 8. The number of anilines is 1. The molecule has 5 aliphatic rings. The van der Waals surface area contributed by atoms with Crippen molar-refractivity contribution in [1.29, 1.82) is 0 Å². The Morgan fingerprint density at radius 3 is 2.37 bits per heavy atom. The van der Waals surface area contributed by atoms with E-state index in [1.165, 1.54) is 39.7 Å². The van der Waals surface area contributed by atoms with Crippen molar-refractivity contribution in [3.63, 3.8) is 0 Å². The van der Waals surface area contributed by atoms with Crippen molar-refractivity contribution in [2.24, 2.45) is 17.3 Å². The van der Waals surface area contributed by atoms with Gasteiger partial charge in [-0.05, 0) is 94.0 Å². The number of nitrogens with zero attached hydrogens (tertiary/aromatic N) is 5. The molecule has 0 atom stereocenters. The number of pyridine rings is 2. The molecule has 262 valence electrons. The summed E-state index contributed by atoms with van der Waals surface area (Å²) in [5.41, 5.74) is 3.47. The monoisotopic (exact) mass is 687 g/mol. The van der Waals surface area contributed by atoms with E-state index in [-0.39, 0.29) is 17.2 Å². The zero-order chi connectivity index (χ0) is 34.0. The Bertz CT molecular complexity index is 1620. The molecule has 0 unspecified atom stereocenters. The molecule has 11 heteroatoms. The predicted molar refractivity (Wildman–Crippen MR) is 189 cm³/mol. The molecule has 1 spiro atoms. The van der Waals surface area contributed by atoms with Crippen molar-refractivity contribution in [3.05, 3.63) is 53.1 Å². The number of carbonyl (C=O) groups is 2. The third kappa shape index (κ3) is 7.77. The number of rotatable bonds is 8. The van der Waals surface area contributed by atoms with Crippen LogP contribution in [0.15, 0.2) is 36.7 Å². The molecule has 8 rings (SSSR count). The van der Waals surface area contributed by atoms with Gasteiger partial charge in [0.1, 0.15) is 11.6 Å². The topological polar surface area (TPSA) is 118 Å². The maximum absolute atomic E-state index is 14.0. The fourth-order valence-corrected chi connectivity index (χ4v) is 8.99. The number of likely N-dealkylation sites (tertiary alicyclic amines) is 1. The first-order valence-corrected chi connectivity index (χ1v) is 18.9. The van der Waals surface area contributed by atoms with Gasteiger partial charge in [0.2, 0.25) is 5.91 Å². The molecule has 3 aromatic rings. The molecule has 3 saturated carbocycles. The van der Waals surface area contributed by atoms with E-state index in [4.69, 9.17) is 24.5 Å². The van der Waals surface area contributed by atoms with Crippen molar-refractivity contribution in [3.8, 4) is 16.2 Å². The molecule has 0 bridgehead atoms. The summed E-state index contributed by atoms with van der Waals surface area (Å²) in [5, 5.41) is 9.72. The molecule has 2 aliphatic heterocycles. The second-order valence-electron chi connectivity index (χ2n) is 14.9. The normalized spacial score (nSPS) is 23.1. The lowest BCUT2D eigenvalue weighted by atomic mass is 9.78. The summed E-state index contributed by atoms with van der Waals surface area (Å²) in [6.45, 7) is 5.60. The molecule has 5 fully saturated rings. The number of amides is 2. The lowest BCUT2D eigenvalue weighted by Crippen LogP contribution is -2.66. The molecule has 0 aromatic carbocycles. The Morgan fingerprint density at radius 2 is 1.73 bits per heavy atom. The zero-order valence-electron chi connectivity index (χ0n) is 28.8. The van der Waals surface area contributed by atoms with Crippen LogP contribution in [-0.4, -0.2) is 76.9 Å². The molecule has 49 heavy (non-hydrogen) atoms. The van der Waals surface area contributed by atoms with E-state index in [1.807, 2.05) is 30.3 Å². The smallest absolute Gasteiger partial charge is 0.407 e. The molecular weight excluding hydrogens is 639 g/mol. The lowest BCUT2D eigenvalue weighted by Gasteiger charge is -2.53. The van der Waals surface area contributed by atoms with Crippen molar-refractivity contribution in [2.45, 2.75) is 89.4 Å². The van der Waals surface area contributed by atoms with Crippen molar-refractivity contribution >= 4 is 29.2 Å². The number of methoxy groups -OCH3 is 1. The molecule has 3 aromatic heterocycles. The number of aromatic nitrogens is 3. The average Bonchev–Trinajstić information content (AvgIpc) is 3.82. The minimum Gasteiger partial charge on any atom is -0.495 e. The van der Waals surface area contributed by atoms with Gasteiger partial charge in [-0.2, -0.15) is 0 Å². The van der Waals surface area contributed by atoms with Crippen LogP contribution in [0, 0.1) is 24.2 Å². The molecule has 2 saturated heterocycles. The van der Waals surface area contributed by atoms with Gasteiger partial charge in [-0.1, -0.05) is 19.3 Å². The van der Waals surface area contributed by atoms with Crippen LogP contribution in [-0.2, 0) is 9.53 Å². The van der Waals surface area contributed by atoms with Gasteiger partial charge in [0.15, 0.2) is 0 Å². The molecule has 3 aliphatic carbocycles. The van der Waals surface area contributed by atoms with Crippen molar-refractivity contribution in [2.75, 3.05) is 44.9 Å². The van der Waals surface area contributed by atoms with Crippen LogP contribution in [0.25, 0.3) is 10.4 Å². The van der Waals surface area contributed by atoms with Gasteiger partial charge in [0.05, 0.1) is 41.3 Å². The predicted octanol–water partition coefficient (Wildman–Crippen LogP) is 7.68. The van der Waals surface area contributed by atoms with Gasteiger partial charge in [-0.15, -0.1) is 11.3 Å². The number of carboxylic acid groups (broad SMARTS) is 1. The van der Waals surface area contributed by atoms with E-state index in [1.54, 1.807) is 18.4 Å². The minimum absolute atomic E-state index is 0.122. The Kier molecular flexibility index (Phi) is 10.2. The van der Waals surface area contributed by atoms with Crippen molar-refractivity contribution in [1.82, 2.24) is 19.9 Å². The second-order valence-corrected chi connectivity index (χ2v) is 16.0. The fraction of sp³-hybridized carbons (Fsp3) is 0.605. The van der Waals surface area contributed by atoms with Gasteiger partial charge in [0.25, 0.3) is 0 Å². The number of ether oxygens (including phenoxy) is 2. The first-order chi connectivity index (χ1) is 23.8. The number of aryl methyl sites for hydroxylation is 1. The summed E-state index contributed by atoms with van der Waals surface area (Å²) in [7, 11) is 1.70. The maximum atomic E-state index is 14.0. The Morgan fingerprint density at radius 1 is 1.00 bits per heavy atom. The van der Waals surface area contributed by atoms with Gasteiger partial charge in [-0.3, -0.25) is 14.7 Å². The third-order valence-corrected chi connectivity index (χ3v) is 12.3. The molecule has 5 heterocycles. The second kappa shape index (κ2) is 14.7. The van der Waals surface area contributed by atoms with E-state index >= 15 is 0 Å². The molecule has 2 amide bonds. The highest BCUT2D eigenvalue weighted by molar-refractivity contribution is 7.15. The summed E-state index contributed by atoms with van der Waals surface area (Å²) in [6, 6.07) is 8.36. The molecule has 10 nitrogen and oxygen atoms in total. The Hall–Kier alpha value is -3.57. The molecule has 0 radical (unpaired) electrons. The van der Waals surface area contributed by atoms with E-state index in [0.717, 1.165) is 93.9 Å². The summed E-state index contributed by atoms with van der Waals surface area (Å²) >= 11 is 1.79. The Balaban J connectivity index is 0.000000322. The third-order valence-electron chi connectivity index (χ3n) is 11.1. The van der Waals surface area contributed by atoms with Gasteiger partial charge < -0.3 is 19.5 Å². The maximum Gasteiger partial charge on any atom is 0.407 e. The highest BCUT2D eigenvalue weighted by Gasteiger charge is 2.50. The van der Waals surface area contributed by atoms with Crippen molar-refractivity contribution < 1.29 is 24.2 Å². The molecule has 1 N–H and O–H groups in total. The summed E-state index contributed by atoms with van der Waals surface area (Å²) in [5.74, 6) is 3.65. The van der Waals surface area contributed by atoms with Crippen LogP contribution < -0.4 is 9.64 Å². The van der Waals surface area contributed by atoms with Gasteiger partial charge in [0, 0.05) is 55.5 Å². The zero-order valence-corrected chi connectivity index (χ0v) is 29.6. The Labute approximate surface area is 293 Å². The SMILES string of the molecule is COc1ccc(C2CCC(CN(C(=O)C3CCCCC3)c3cc(-c4cnc(C5CC5)s4)ccn3)CC2)nc1C.O=C(O)N1CC2(COC2)C1. The van der Waals surface area contributed by atoms with Crippen LogP contribution in [0.2, 0.25) is 0 Å². The highest BCUT2D eigenvalue weighted by Crippen LogP contribution is 2.44. The van der Waals surface area contributed by atoms with Crippen LogP contribution in [0.1, 0.15) is 98.9 Å². The number of hydrogen-bond donors (Lipinski definition) is 1. The van der Waals surface area contributed by atoms with Crippen LogP contribution in [0.5, 0.6) is 5.75 Å². The minimum atomic E-state index is -0.808.